The van der Waals surface area contributed by atoms with E-state index < -0.39 is 23.0 Å². The van der Waals surface area contributed by atoms with Crippen LogP contribution < -0.4 is 5.56 Å². The predicted molar refractivity (Wildman–Crippen MR) is 96.0 cm³/mol. The maximum atomic E-state index is 13.4. The molecule has 0 aliphatic carbocycles. The van der Waals surface area contributed by atoms with Gasteiger partial charge in [-0.2, -0.15) is 17.9 Å². The van der Waals surface area contributed by atoms with E-state index in [1.54, 1.807) is 24.3 Å². The standard InChI is InChI=1S/C17H15F3N4O2S/c18-17(19,20)14-11(9-21-8-10-4-3-7-26-10)15(25)24(23-14)16-22-12-5-1-2-6-13(12)27-16/h1-2,5-6,9-10,23H,3-4,7-8H2/t10-/m1/s1. The van der Waals surface area contributed by atoms with Crippen LogP contribution in [0.1, 0.15) is 24.1 Å². The van der Waals surface area contributed by atoms with Crippen LogP contribution in [0, 0.1) is 0 Å². The number of alkyl halides is 3. The van der Waals surface area contributed by atoms with Crippen LogP contribution in [0.3, 0.4) is 0 Å². The minimum Gasteiger partial charge on any atom is -0.376 e. The fraction of sp³-hybridized carbons (Fsp3) is 0.353. The third kappa shape index (κ3) is 3.54. The summed E-state index contributed by atoms with van der Waals surface area (Å²) in [4.78, 5) is 20.9. The molecule has 4 rings (SSSR count). The molecule has 1 aliphatic heterocycles. The molecule has 0 radical (unpaired) electrons. The maximum Gasteiger partial charge on any atom is 0.433 e. The van der Waals surface area contributed by atoms with Crippen molar-refractivity contribution in [2.45, 2.75) is 25.1 Å². The van der Waals surface area contributed by atoms with Gasteiger partial charge in [0.25, 0.3) is 5.56 Å². The lowest BCUT2D eigenvalue weighted by atomic mass is 10.2. The van der Waals surface area contributed by atoms with Crippen molar-refractivity contribution in [1.82, 2.24) is 14.8 Å². The van der Waals surface area contributed by atoms with Crippen LogP contribution in [0.15, 0.2) is 34.1 Å². The molecule has 1 fully saturated rings. The summed E-state index contributed by atoms with van der Waals surface area (Å²) in [5, 5.41) is 2.29. The molecule has 10 heteroatoms. The van der Waals surface area contributed by atoms with Crippen LogP contribution in [-0.4, -0.2) is 40.2 Å². The Bertz CT molecular complexity index is 1010. The van der Waals surface area contributed by atoms with Gasteiger partial charge in [0.15, 0.2) is 5.69 Å². The van der Waals surface area contributed by atoms with Crippen molar-refractivity contribution in [2.24, 2.45) is 4.99 Å². The van der Waals surface area contributed by atoms with Gasteiger partial charge in [-0.1, -0.05) is 23.5 Å². The maximum absolute atomic E-state index is 13.4. The van der Waals surface area contributed by atoms with Crippen LogP contribution in [0.25, 0.3) is 15.3 Å². The van der Waals surface area contributed by atoms with Crippen molar-refractivity contribution < 1.29 is 17.9 Å². The van der Waals surface area contributed by atoms with Crippen molar-refractivity contribution in [3.63, 3.8) is 0 Å². The summed E-state index contributed by atoms with van der Waals surface area (Å²) in [6.45, 7) is 0.853. The van der Waals surface area contributed by atoms with Crippen LogP contribution in [0.4, 0.5) is 13.2 Å². The first-order valence-electron chi connectivity index (χ1n) is 8.33. The molecule has 3 heterocycles. The largest absolute Gasteiger partial charge is 0.433 e. The molecule has 142 valence electrons. The zero-order chi connectivity index (χ0) is 19.0. The second-order valence-electron chi connectivity index (χ2n) is 6.13. The number of aliphatic imine (C=N–C) groups is 1. The Balaban J connectivity index is 1.73. The van der Waals surface area contributed by atoms with E-state index in [1.165, 1.54) is 0 Å². The molecule has 1 saturated heterocycles. The van der Waals surface area contributed by atoms with Crippen LogP contribution in [-0.2, 0) is 10.9 Å². The van der Waals surface area contributed by atoms with E-state index >= 15 is 0 Å². The Hall–Kier alpha value is -2.46. The van der Waals surface area contributed by atoms with Gasteiger partial charge in [-0.05, 0) is 25.0 Å². The molecule has 0 bridgehead atoms. The molecule has 1 atom stereocenters. The summed E-state index contributed by atoms with van der Waals surface area (Å²) in [6, 6.07) is 7.09. The Morgan fingerprint density at radius 3 is 2.93 bits per heavy atom. The number of rotatable bonds is 4. The second-order valence-corrected chi connectivity index (χ2v) is 7.14. The van der Waals surface area contributed by atoms with E-state index in [4.69, 9.17) is 4.74 Å². The SMILES string of the molecule is O=c1c(C=NC[C@H]2CCCO2)c(C(F)(F)F)[nH]n1-c1nc2ccccc2s1. The molecule has 2 aromatic heterocycles. The van der Waals surface area contributed by atoms with Crippen molar-refractivity contribution >= 4 is 27.8 Å². The number of hydrogen-bond acceptors (Lipinski definition) is 5. The highest BCUT2D eigenvalue weighted by Crippen LogP contribution is 2.30. The summed E-state index contributed by atoms with van der Waals surface area (Å²) < 4.78 is 47.2. The number of nitrogens with zero attached hydrogens (tertiary/aromatic N) is 3. The number of H-pyrrole nitrogens is 1. The first-order valence-corrected chi connectivity index (χ1v) is 9.15. The molecule has 6 nitrogen and oxygen atoms in total. The van der Waals surface area contributed by atoms with Gasteiger partial charge in [0, 0.05) is 12.8 Å². The van der Waals surface area contributed by atoms with Gasteiger partial charge in [-0.15, -0.1) is 0 Å². The summed E-state index contributed by atoms with van der Waals surface area (Å²) >= 11 is 1.13. The van der Waals surface area contributed by atoms with Crippen LogP contribution >= 0.6 is 11.3 Å². The van der Waals surface area contributed by atoms with Gasteiger partial charge >= 0.3 is 6.18 Å². The number of thiazole rings is 1. The van der Waals surface area contributed by atoms with E-state index in [0.29, 0.717) is 12.1 Å². The average molecular weight is 396 g/mol. The fourth-order valence-electron chi connectivity index (χ4n) is 2.93. The average Bonchev–Trinajstić information content (AvgIpc) is 3.33. The molecule has 0 amide bonds. The van der Waals surface area contributed by atoms with Gasteiger partial charge in [-0.25, -0.2) is 4.98 Å². The van der Waals surface area contributed by atoms with E-state index in [-0.39, 0.29) is 17.8 Å². The molecule has 27 heavy (non-hydrogen) atoms. The quantitative estimate of drug-likeness (QED) is 0.687. The lowest BCUT2D eigenvalue weighted by Crippen LogP contribution is -2.18. The molecular formula is C17H15F3N4O2S. The lowest BCUT2D eigenvalue weighted by Gasteiger charge is -2.05. The first kappa shape index (κ1) is 17.9. The molecule has 0 saturated carbocycles. The summed E-state index contributed by atoms with van der Waals surface area (Å²) in [5.41, 5.74) is -1.89. The number of ether oxygens (including phenoxy) is 1. The normalized spacial score (nSPS) is 18.1. The number of para-hydroxylation sites is 1. The van der Waals surface area contributed by atoms with Gasteiger partial charge in [0.1, 0.15) is 0 Å². The number of aromatic nitrogens is 3. The van der Waals surface area contributed by atoms with Crippen LogP contribution in [0.2, 0.25) is 0 Å². The van der Waals surface area contributed by atoms with Crippen molar-refractivity contribution in [3.05, 3.63) is 45.9 Å². The first-order chi connectivity index (χ1) is 12.9. The Morgan fingerprint density at radius 1 is 1.41 bits per heavy atom. The summed E-state index contributed by atoms with van der Waals surface area (Å²) in [7, 11) is 0. The van der Waals surface area contributed by atoms with Gasteiger partial charge in [0.05, 0.1) is 28.4 Å². The van der Waals surface area contributed by atoms with Crippen LogP contribution in [0.5, 0.6) is 0 Å². The van der Waals surface area contributed by atoms with Gasteiger partial charge in [-0.3, -0.25) is 14.9 Å². The van der Waals surface area contributed by atoms with Gasteiger partial charge in [0.2, 0.25) is 5.13 Å². The van der Waals surface area contributed by atoms with E-state index in [9.17, 15) is 18.0 Å². The van der Waals surface area contributed by atoms with E-state index in [2.05, 4.69) is 15.1 Å². The number of halogens is 3. The molecule has 1 N–H and O–H groups in total. The fourth-order valence-corrected chi connectivity index (χ4v) is 3.85. The Labute approximate surface area is 155 Å². The second kappa shape index (κ2) is 6.93. The smallest absolute Gasteiger partial charge is 0.376 e. The summed E-state index contributed by atoms with van der Waals surface area (Å²) in [6.07, 6.45) is -2.13. The number of aromatic amines is 1. The minimum atomic E-state index is -4.72. The molecule has 3 aromatic rings. The highest BCUT2D eigenvalue weighted by Gasteiger charge is 2.38. The molecule has 1 aromatic carbocycles. The third-order valence-electron chi connectivity index (χ3n) is 4.24. The number of fused-ring (bicyclic) bond motifs is 1. The Kier molecular flexibility index (Phi) is 4.60. The highest BCUT2D eigenvalue weighted by molar-refractivity contribution is 7.20. The van der Waals surface area contributed by atoms with Crippen molar-refractivity contribution in [3.8, 4) is 5.13 Å². The van der Waals surface area contributed by atoms with Gasteiger partial charge < -0.3 is 4.74 Å². The van der Waals surface area contributed by atoms with Crippen molar-refractivity contribution in [1.29, 1.82) is 0 Å². The lowest BCUT2D eigenvalue weighted by molar-refractivity contribution is -0.141. The monoisotopic (exact) mass is 396 g/mol. The highest BCUT2D eigenvalue weighted by atomic mass is 32.1. The molecule has 1 aliphatic rings. The number of benzene rings is 1. The zero-order valence-corrected chi connectivity index (χ0v) is 14.8. The Morgan fingerprint density at radius 2 is 2.22 bits per heavy atom. The topological polar surface area (TPSA) is 72.3 Å². The van der Waals surface area contributed by atoms with E-state index in [1.807, 2.05) is 0 Å². The summed E-state index contributed by atoms with van der Waals surface area (Å²) in [5.74, 6) is 0. The predicted octanol–water partition coefficient (Wildman–Crippen LogP) is 3.39. The van der Waals surface area contributed by atoms with Crippen molar-refractivity contribution in [2.75, 3.05) is 13.2 Å². The minimum absolute atomic E-state index is 0.110. The number of nitrogens with one attached hydrogen (secondary N) is 1. The third-order valence-corrected chi connectivity index (χ3v) is 5.26. The molecular weight excluding hydrogens is 381 g/mol. The number of hydrogen-bond donors (Lipinski definition) is 1. The van der Waals surface area contributed by atoms with E-state index in [0.717, 1.165) is 39.8 Å². The molecule has 0 spiro atoms. The molecule has 0 unspecified atom stereocenters. The zero-order valence-electron chi connectivity index (χ0n) is 14.0.